The first kappa shape index (κ1) is 12.8. The highest BCUT2D eigenvalue weighted by molar-refractivity contribution is 9.10. The third-order valence-electron chi connectivity index (χ3n) is 2.38. The molecule has 0 saturated carbocycles. The van der Waals surface area contributed by atoms with Crippen LogP contribution in [-0.2, 0) is 0 Å². The average Bonchev–Trinajstić information content (AvgIpc) is 2.38. The fourth-order valence-electron chi connectivity index (χ4n) is 1.41. The van der Waals surface area contributed by atoms with Gasteiger partial charge < -0.3 is 5.11 Å². The molecule has 1 nitrogen and oxygen atoms in total. The molecule has 90 valence electrons. The standard InChI is InChI=1S/C15H10BrFO/c16-13-6-4-12(5-7-13)15(18)10-3-11-1-8-14(17)9-2-11/h1-2,4-9,15,18H. The van der Waals surface area contributed by atoms with E-state index in [9.17, 15) is 9.50 Å². The van der Waals surface area contributed by atoms with Crippen molar-refractivity contribution >= 4 is 15.9 Å². The molecule has 18 heavy (non-hydrogen) atoms. The lowest BCUT2D eigenvalue weighted by Gasteiger charge is -2.03. The minimum atomic E-state index is -0.844. The van der Waals surface area contributed by atoms with Crippen molar-refractivity contribution in [3.8, 4) is 11.8 Å². The Balaban J connectivity index is 2.14. The Bertz CT molecular complexity index is 579. The Morgan fingerprint density at radius 2 is 1.61 bits per heavy atom. The number of hydrogen-bond donors (Lipinski definition) is 1. The van der Waals surface area contributed by atoms with E-state index in [1.54, 1.807) is 24.3 Å². The van der Waals surface area contributed by atoms with E-state index in [-0.39, 0.29) is 5.82 Å². The Morgan fingerprint density at radius 3 is 2.22 bits per heavy atom. The molecule has 0 aliphatic rings. The lowest BCUT2D eigenvalue weighted by molar-refractivity contribution is 0.238. The summed E-state index contributed by atoms with van der Waals surface area (Å²) in [6.07, 6.45) is -0.844. The maximum atomic E-state index is 12.7. The SMILES string of the molecule is OC(C#Cc1ccc(F)cc1)c1ccc(Br)cc1. The first-order valence-electron chi connectivity index (χ1n) is 5.36. The lowest BCUT2D eigenvalue weighted by Crippen LogP contribution is -1.93. The van der Waals surface area contributed by atoms with Crippen molar-refractivity contribution in [3.63, 3.8) is 0 Å². The van der Waals surface area contributed by atoms with Gasteiger partial charge in [0.05, 0.1) is 0 Å². The van der Waals surface area contributed by atoms with E-state index in [1.165, 1.54) is 12.1 Å². The van der Waals surface area contributed by atoms with Crippen molar-refractivity contribution < 1.29 is 9.50 Å². The largest absolute Gasteiger partial charge is 0.376 e. The van der Waals surface area contributed by atoms with E-state index >= 15 is 0 Å². The fraction of sp³-hybridized carbons (Fsp3) is 0.0667. The van der Waals surface area contributed by atoms with Crippen molar-refractivity contribution in [1.82, 2.24) is 0 Å². The molecular formula is C15H10BrFO. The first-order chi connectivity index (χ1) is 8.65. The highest BCUT2D eigenvalue weighted by atomic mass is 79.9. The van der Waals surface area contributed by atoms with Gasteiger partial charge in [0.15, 0.2) is 0 Å². The summed E-state index contributed by atoms with van der Waals surface area (Å²) < 4.78 is 13.6. The Hall–Kier alpha value is -1.63. The van der Waals surface area contributed by atoms with Crippen molar-refractivity contribution in [2.45, 2.75) is 6.10 Å². The Kier molecular flexibility index (Phi) is 4.14. The van der Waals surface area contributed by atoms with Gasteiger partial charge in [-0.3, -0.25) is 0 Å². The summed E-state index contributed by atoms with van der Waals surface area (Å²) in [4.78, 5) is 0. The van der Waals surface area contributed by atoms with Crippen LogP contribution in [0.1, 0.15) is 17.2 Å². The molecule has 0 radical (unpaired) electrons. The molecule has 1 atom stereocenters. The van der Waals surface area contributed by atoms with E-state index in [2.05, 4.69) is 27.8 Å². The summed E-state index contributed by atoms with van der Waals surface area (Å²) in [5.41, 5.74) is 1.40. The normalized spacial score (nSPS) is 11.5. The summed E-state index contributed by atoms with van der Waals surface area (Å²) in [6, 6.07) is 13.1. The maximum Gasteiger partial charge on any atom is 0.140 e. The Morgan fingerprint density at radius 1 is 1.00 bits per heavy atom. The van der Waals surface area contributed by atoms with E-state index in [4.69, 9.17) is 0 Å². The van der Waals surface area contributed by atoms with Crippen LogP contribution in [0.3, 0.4) is 0 Å². The molecule has 0 aliphatic heterocycles. The van der Waals surface area contributed by atoms with Gasteiger partial charge in [-0.1, -0.05) is 39.9 Å². The number of aliphatic hydroxyl groups excluding tert-OH is 1. The fourth-order valence-corrected chi connectivity index (χ4v) is 1.68. The predicted molar refractivity (Wildman–Crippen MR) is 72.4 cm³/mol. The maximum absolute atomic E-state index is 12.7. The second-order valence-corrected chi connectivity index (χ2v) is 4.65. The average molecular weight is 305 g/mol. The van der Waals surface area contributed by atoms with Crippen LogP contribution >= 0.6 is 15.9 Å². The zero-order valence-corrected chi connectivity index (χ0v) is 11.0. The zero-order valence-electron chi connectivity index (χ0n) is 9.40. The quantitative estimate of drug-likeness (QED) is 0.797. The molecule has 0 aliphatic carbocycles. The summed E-state index contributed by atoms with van der Waals surface area (Å²) in [7, 11) is 0. The molecule has 3 heteroatoms. The molecule has 2 aromatic rings. The van der Waals surface area contributed by atoms with Crippen LogP contribution in [0.4, 0.5) is 4.39 Å². The van der Waals surface area contributed by atoms with E-state index in [0.717, 1.165) is 10.0 Å². The first-order valence-corrected chi connectivity index (χ1v) is 6.15. The monoisotopic (exact) mass is 304 g/mol. The smallest absolute Gasteiger partial charge is 0.140 e. The molecule has 0 spiro atoms. The van der Waals surface area contributed by atoms with Gasteiger partial charge >= 0.3 is 0 Å². The highest BCUT2D eigenvalue weighted by Crippen LogP contribution is 2.16. The third kappa shape index (κ3) is 3.43. The number of aliphatic hydroxyl groups is 1. The van der Waals surface area contributed by atoms with Gasteiger partial charge in [-0.15, -0.1) is 0 Å². The second-order valence-electron chi connectivity index (χ2n) is 3.73. The van der Waals surface area contributed by atoms with Crippen LogP contribution in [0.2, 0.25) is 0 Å². The minimum absolute atomic E-state index is 0.297. The van der Waals surface area contributed by atoms with Crippen molar-refractivity contribution in [1.29, 1.82) is 0 Å². The van der Waals surface area contributed by atoms with Gasteiger partial charge in [0.1, 0.15) is 11.9 Å². The van der Waals surface area contributed by atoms with Gasteiger partial charge in [-0.25, -0.2) is 4.39 Å². The minimum Gasteiger partial charge on any atom is -0.376 e. The van der Waals surface area contributed by atoms with Crippen molar-refractivity contribution in [3.05, 3.63) is 69.9 Å². The molecule has 0 heterocycles. The van der Waals surface area contributed by atoms with Crippen LogP contribution in [0, 0.1) is 17.7 Å². The summed E-state index contributed by atoms with van der Waals surface area (Å²) >= 11 is 3.32. The van der Waals surface area contributed by atoms with Crippen LogP contribution < -0.4 is 0 Å². The topological polar surface area (TPSA) is 20.2 Å². The van der Waals surface area contributed by atoms with Crippen LogP contribution in [-0.4, -0.2) is 5.11 Å². The molecule has 2 aromatic carbocycles. The summed E-state index contributed by atoms with van der Waals surface area (Å²) in [5, 5.41) is 9.86. The molecule has 0 aromatic heterocycles. The highest BCUT2D eigenvalue weighted by Gasteiger charge is 2.02. The van der Waals surface area contributed by atoms with Gasteiger partial charge in [0.25, 0.3) is 0 Å². The van der Waals surface area contributed by atoms with E-state index < -0.39 is 6.10 Å². The number of hydrogen-bond acceptors (Lipinski definition) is 1. The van der Waals surface area contributed by atoms with Crippen LogP contribution in [0.5, 0.6) is 0 Å². The number of benzene rings is 2. The van der Waals surface area contributed by atoms with Gasteiger partial charge in [-0.05, 0) is 42.0 Å². The van der Waals surface area contributed by atoms with Crippen molar-refractivity contribution in [2.24, 2.45) is 0 Å². The zero-order chi connectivity index (χ0) is 13.0. The predicted octanol–water partition coefficient (Wildman–Crippen LogP) is 3.67. The molecule has 0 saturated heterocycles. The molecule has 0 fully saturated rings. The number of halogens is 2. The second kappa shape index (κ2) is 5.81. The molecular weight excluding hydrogens is 295 g/mol. The third-order valence-corrected chi connectivity index (χ3v) is 2.91. The Labute approximate surface area is 113 Å². The molecule has 0 amide bonds. The van der Waals surface area contributed by atoms with E-state index in [1.807, 2.05) is 12.1 Å². The van der Waals surface area contributed by atoms with E-state index in [0.29, 0.717) is 5.56 Å². The van der Waals surface area contributed by atoms with Gasteiger partial charge in [0.2, 0.25) is 0 Å². The van der Waals surface area contributed by atoms with Crippen molar-refractivity contribution in [2.75, 3.05) is 0 Å². The van der Waals surface area contributed by atoms with Gasteiger partial charge in [0, 0.05) is 10.0 Å². The molecule has 2 rings (SSSR count). The molecule has 0 bridgehead atoms. The van der Waals surface area contributed by atoms with Gasteiger partial charge in [-0.2, -0.15) is 0 Å². The van der Waals surface area contributed by atoms with Crippen LogP contribution in [0.25, 0.3) is 0 Å². The number of rotatable bonds is 1. The lowest BCUT2D eigenvalue weighted by atomic mass is 10.1. The summed E-state index contributed by atoms with van der Waals surface area (Å²) in [6.45, 7) is 0. The molecule has 1 N–H and O–H groups in total. The molecule has 1 unspecified atom stereocenters. The summed E-state index contributed by atoms with van der Waals surface area (Å²) in [5.74, 6) is 5.23. The van der Waals surface area contributed by atoms with Crippen LogP contribution in [0.15, 0.2) is 53.0 Å².